The Labute approximate surface area is 159 Å². The molecule has 0 unspecified atom stereocenters. The topological polar surface area (TPSA) is 17.0 Å². The third-order valence-corrected chi connectivity index (χ3v) is 5.53. The van der Waals surface area contributed by atoms with Crippen molar-refractivity contribution in [2.45, 2.75) is 40.5 Å². The van der Waals surface area contributed by atoms with Crippen LogP contribution >= 0.6 is 0 Å². The molecule has 0 aliphatic rings. The Morgan fingerprint density at radius 1 is 0.926 bits per heavy atom. The summed E-state index contributed by atoms with van der Waals surface area (Å²) in [5.41, 5.74) is 7.99. The van der Waals surface area contributed by atoms with E-state index in [0.29, 0.717) is 17.1 Å². The number of hydrogen-bond donors (Lipinski definition) is 0. The largest absolute Gasteiger partial charge is 0.455 e. The molecule has 2 heterocycles. The van der Waals surface area contributed by atoms with Crippen LogP contribution < -0.4 is 4.57 Å². The number of hydrogen-bond acceptors (Lipinski definition) is 1. The van der Waals surface area contributed by atoms with E-state index in [9.17, 15) is 4.39 Å². The van der Waals surface area contributed by atoms with Crippen molar-refractivity contribution in [2.24, 2.45) is 7.05 Å². The van der Waals surface area contributed by atoms with Gasteiger partial charge in [-0.3, -0.25) is 0 Å². The van der Waals surface area contributed by atoms with E-state index in [1.165, 1.54) is 17.2 Å². The van der Waals surface area contributed by atoms with Gasteiger partial charge in [0.05, 0.1) is 5.56 Å². The van der Waals surface area contributed by atoms with Crippen molar-refractivity contribution in [2.75, 3.05) is 0 Å². The summed E-state index contributed by atoms with van der Waals surface area (Å²) in [5, 5.41) is 1.99. The second kappa shape index (κ2) is 6.19. The van der Waals surface area contributed by atoms with E-state index in [0.717, 1.165) is 33.2 Å². The third-order valence-electron chi connectivity index (χ3n) is 5.53. The molecular weight excluding hydrogens is 337 g/mol. The quantitative estimate of drug-likeness (QED) is 0.384. The maximum atomic E-state index is 14.1. The van der Waals surface area contributed by atoms with Crippen LogP contribution in [-0.2, 0) is 7.05 Å². The van der Waals surface area contributed by atoms with Crippen LogP contribution in [0.4, 0.5) is 4.39 Å². The molecule has 0 aliphatic carbocycles. The van der Waals surface area contributed by atoms with E-state index in [1.54, 1.807) is 6.92 Å². The molecule has 0 radical (unpaired) electrons. The maximum absolute atomic E-state index is 14.1. The number of nitrogens with zero attached hydrogens (tertiary/aromatic N) is 1. The monoisotopic (exact) mass is 362 g/mol. The highest BCUT2D eigenvalue weighted by Gasteiger charge is 2.23. The lowest BCUT2D eigenvalue weighted by atomic mass is 9.95. The summed E-state index contributed by atoms with van der Waals surface area (Å²) in [6.07, 6.45) is 2.21. The van der Waals surface area contributed by atoms with E-state index < -0.39 is 0 Å². The standard InChI is InChI=1S/C24H25FNO/c1-13(2)19-12-26(6)21(10-15(19)4)23-14(3)7-8-17-18-9-16(5)20(25)11-22(18)27-24(17)23/h7-13H,1-6H3/q+1. The summed E-state index contributed by atoms with van der Waals surface area (Å²) >= 11 is 0. The van der Waals surface area contributed by atoms with Gasteiger partial charge in [0.25, 0.3) is 0 Å². The molecule has 0 fully saturated rings. The number of benzene rings is 2. The molecule has 138 valence electrons. The molecule has 2 aromatic heterocycles. The first-order valence-corrected chi connectivity index (χ1v) is 9.40. The highest BCUT2D eigenvalue weighted by Crippen LogP contribution is 2.38. The lowest BCUT2D eigenvalue weighted by molar-refractivity contribution is -0.660. The third kappa shape index (κ3) is 2.73. The van der Waals surface area contributed by atoms with Crippen LogP contribution in [0.25, 0.3) is 33.2 Å². The molecule has 4 rings (SSSR count). The van der Waals surface area contributed by atoms with Gasteiger partial charge in [-0.15, -0.1) is 0 Å². The Hall–Kier alpha value is -2.68. The normalized spacial score (nSPS) is 11.9. The summed E-state index contributed by atoms with van der Waals surface area (Å²) in [6, 6.07) is 9.80. The molecule has 0 spiro atoms. The van der Waals surface area contributed by atoms with Gasteiger partial charge >= 0.3 is 0 Å². The zero-order valence-electron chi connectivity index (χ0n) is 16.8. The lowest BCUT2D eigenvalue weighted by Gasteiger charge is -2.11. The molecule has 0 bridgehead atoms. The summed E-state index contributed by atoms with van der Waals surface area (Å²) in [7, 11) is 2.07. The Bertz CT molecular complexity index is 1200. The molecule has 0 saturated carbocycles. The predicted molar refractivity (Wildman–Crippen MR) is 109 cm³/mol. The van der Waals surface area contributed by atoms with Crippen molar-refractivity contribution in [1.82, 2.24) is 0 Å². The molecule has 2 aromatic carbocycles. The van der Waals surface area contributed by atoms with E-state index in [1.807, 2.05) is 6.07 Å². The molecule has 27 heavy (non-hydrogen) atoms. The van der Waals surface area contributed by atoms with Gasteiger partial charge in [0, 0.05) is 28.5 Å². The molecule has 0 aliphatic heterocycles. The van der Waals surface area contributed by atoms with Gasteiger partial charge in [0.1, 0.15) is 24.0 Å². The molecule has 4 aromatic rings. The number of furan rings is 1. The van der Waals surface area contributed by atoms with Gasteiger partial charge in [0.2, 0.25) is 5.69 Å². The van der Waals surface area contributed by atoms with Crippen molar-refractivity contribution < 1.29 is 13.4 Å². The molecule has 0 amide bonds. The van der Waals surface area contributed by atoms with Crippen LogP contribution in [0.5, 0.6) is 0 Å². The van der Waals surface area contributed by atoms with E-state index in [2.05, 4.69) is 63.7 Å². The van der Waals surface area contributed by atoms with Crippen LogP contribution in [0.3, 0.4) is 0 Å². The summed E-state index contributed by atoms with van der Waals surface area (Å²) in [5.74, 6) is 0.238. The Morgan fingerprint density at radius 2 is 1.67 bits per heavy atom. The summed E-state index contributed by atoms with van der Waals surface area (Å²) in [6.45, 7) is 10.5. The lowest BCUT2D eigenvalue weighted by Crippen LogP contribution is -2.32. The number of aromatic nitrogens is 1. The molecule has 0 N–H and O–H groups in total. The van der Waals surface area contributed by atoms with Crippen molar-refractivity contribution in [3.05, 3.63) is 64.6 Å². The number of halogens is 1. The number of fused-ring (bicyclic) bond motifs is 3. The SMILES string of the molecule is Cc1cc2c(cc1F)oc1c(-c3cc(C)c(C(C)C)c[n+]3C)c(C)ccc12. The smallest absolute Gasteiger partial charge is 0.216 e. The Kier molecular flexibility index (Phi) is 4.06. The minimum Gasteiger partial charge on any atom is -0.455 e. The van der Waals surface area contributed by atoms with Crippen molar-refractivity contribution >= 4 is 21.9 Å². The molecule has 0 atom stereocenters. The van der Waals surface area contributed by atoms with Gasteiger partial charge in [-0.1, -0.05) is 26.0 Å². The average Bonchev–Trinajstić information content (AvgIpc) is 2.94. The second-order valence-electron chi connectivity index (χ2n) is 7.90. The summed E-state index contributed by atoms with van der Waals surface area (Å²) in [4.78, 5) is 0. The van der Waals surface area contributed by atoms with Crippen LogP contribution in [0.15, 0.2) is 40.9 Å². The highest BCUT2D eigenvalue weighted by atomic mass is 19.1. The first kappa shape index (κ1) is 17.7. The van der Waals surface area contributed by atoms with Crippen molar-refractivity contribution in [3.63, 3.8) is 0 Å². The fourth-order valence-corrected chi connectivity index (χ4v) is 4.01. The molecule has 3 heteroatoms. The minimum absolute atomic E-state index is 0.234. The van der Waals surface area contributed by atoms with E-state index in [-0.39, 0.29) is 5.82 Å². The van der Waals surface area contributed by atoms with Crippen LogP contribution in [0, 0.1) is 26.6 Å². The second-order valence-corrected chi connectivity index (χ2v) is 7.90. The number of pyridine rings is 1. The highest BCUT2D eigenvalue weighted by molar-refractivity contribution is 6.09. The zero-order valence-corrected chi connectivity index (χ0v) is 16.8. The van der Waals surface area contributed by atoms with Crippen LogP contribution in [0.2, 0.25) is 0 Å². The minimum atomic E-state index is -0.234. The first-order chi connectivity index (χ1) is 12.8. The van der Waals surface area contributed by atoms with Gasteiger partial charge < -0.3 is 4.42 Å². The van der Waals surface area contributed by atoms with Crippen LogP contribution in [-0.4, -0.2) is 0 Å². The van der Waals surface area contributed by atoms with Gasteiger partial charge in [-0.25, -0.2) is 8.96 Å². The van der Waals surface area contributed by atoms with Gasteiger partial charge in [-0.2, -0.15) is 0 Å². The molecule has 2 nitrogen and oxygen atoms in total. The van der Waals surface area contributed by atoms with E-state index >= 15 is 0 Å². The Morgan fingerprint density at radius 3 is 2.37 bits per heavy atom. The number of aryl methyl sites for hydroxylation is 4. The fourth-order valence-electron chi connectivity index (χ4n) is 4.01. The van der Waals surface area contributed by atoms with Crippen molar-refractivity contribution in [3.8, 4) is 11.3 Å². The number of rotatable bonds is 2. The Balaban J connectivity index is 2.08. The van der Waals surface area contributed by atoms with E-state index in [4.69, 9.17) is 4.42 Å². The summed E-state index contributed by atoms with van der Waals surface area (Å²) < 4.78 is 22.4. The predicted octanol–water partition coefficient (Wildman–Crippen LogP) is 6.27. The fraction of sp³-hybridized carbons (Fsp3) is 0.292. The first-order valence-electron chi connectivity index (χ1n) is 9.40. The van der Waals surface area contributed by atoms with Crippen LogP contribution in [0.1, 0.15) is 42.0 Å². The van der Waals surface area contributed by atoms with Gasteiger partial charge in [0.15, 0.2) is 6.20 Å². The van der Waals surface area contributed by atoms with Crippen molar-refractivity contribution in [1.29, 1.82) is 0 Å². The maximum Gasteiger partial charge on any atom is 0.216 e. The van der Waals surface area contributed by atoms with Gasteiger partial charge in [-0.05, 0) is 49.4 Å². The average molecular weight is 362 g/mol. The zero-order chi connectivity index (χ0) is 19.5. The molecule has 0 saturated heterocycles. The molecular formula is C24H25FNO+.